The first kappa shape index (κ1) is 19.6. The Morgan fingerprint density at radius 1 is 1.00 bits per heavy atom. The molecule has 5 heteroatoms. The van der Waals surface area contributed by atoms with E-state index in [0.29, 0.717) is 12.2 Å². The highest BCUT2D eigenvalue weighted by Crippen LogP contribution is 2.31. The fourth-order valence-corrected chi connectivity index (χ4v) is 3.29. The summed E-state index contributed by atoms with van der Waals surface area (Å²) < 4.78 is 5.09. The molecule has 0 unspecified atom stereocenters. The van der Waals surface area contributed by atoms with E-state index >= 15 is 0 Å². The molecule has 0 aliphatic carbocycles. The van der Waals surface area contributed by atoms with Gasteiger partial charge in [-0.15, -0.1) is 12.4 Å². The molecule has 4 rings (SSSR count). The molecule has 0 radical (unpaired) electrons. The molecule has 142 valence electrons. The standard InChI is InChI=1S/C23H20N2O2.ClH/c1-3-27-23(26)17-8-6-9-18(14-17)25-21-13-15(2)24-22-19-10-5-4-7-16(19)11-12-20(21)22;/h4-14H,3H2,1-2H3,(H,24,25);1H. The number of esters is 1. The van der Waals surface area contributed by atoms with Crippen molar-refractivity contribution in [1.82, 2.24) is 4.98 Å². The van der Waals surface area contributed by atoms with Crippen LogP contribution in [0.4, 0.5) is 11.4 Å². The van der Waals surface area contributed by atoms with E-state index in [4.69, 9.17) is 9.72 Å². The van der Waals surface area contributed by atoms with Gasteiger partial charge in [0.15, 0.2) is 0 Å². The molecule has 3 aromatic carbocycles. The van der Waals surface area contributed by atoms with Gasteiger partial charge in [0.1, 0.15) is 0 Å². The molecule has 0 aliphatic heterocycles. The molecule has 0 aliphatic rings. The van der Waals surface area contributed by atoms with E-state index in [9.17, 15) is 4.79 Å². The number of aromatic nitrogens is 1. The van der Waals surface area contributed by atoms with Gasteiger partial charge in [-0.1, -0.05) is 42.5 Å². The smallest absolute Gasteiger partial charge is 0.338 e. The van der Waals surface area contributed by atoms with E-state index in [2.05, 4.69) is 29.6 Å². The van der Waals surface area contributed by atoms with Gasteiger partial charge < -0.3 is 10.1 Å². The Balaban J connectivity index is 0.00000225. The van der Waals surface area contributed by atoms with Crippen LogP contribution < -0.4 is 5.32 Å². The first-order valence-electron chi connectivity index (χ1n) is 8.99. The van der Waals surface area contributed by atoms with Crippen molar-refractivity contribution < 1.29 is 9.53 Å². The van der Waals surface area contributed by atoms with Crippen molar-refractivity contribution in [2.45, 2.75) is 13.8 Å². The van der Waals surface area contributed by atoms with E-state index in [1.807, 2.05) is 37.3 Å². The van der Waals surface area contributed by atoms with Gasteiger partial charge in [-0.25, -0.2) is 4.79 Å². The molecule has 4 aromatic rings. The first-order chi connectivity index (χ1) is 13.2. The minimum absolute atomic E-state index is 0. The quantitative estimate of drug-likeness (QED) is 0.340. The lowest BCUT2D eigenvalue weighted by Gasteiger charge is -2.13. The van der Waals surface area contributed by atoms with Crippen LogP contribution in [0, 0.1) is 6.92 Å². The van der Waals surface area contributed by atoms with Gasteiger partial charge in [0.05, 0.1) is 17.7 Å². The molecule has 1 N–H and O–H groups in total. The van der Waals surface area contributed by atoms with Crippen molar-refractivity contribution in [2.75, 3.05) is 11.9 Å². The highest BCUT2D eigenvalue weighted by molar-refractivity contribution is 6.09. The maximum absolute atomic E-state index is 12.0. The average Bonchev–Trinajstić information content (AvgIpc) is 2.68. The number of carbonyl (C=O) groups excluding carboxylic acids is 1. The molecule has 28 heavy (non-hydrogen) atoms. The van der Waals surface area contributed by atoms with E-state index in [1.165, 1.54) is 5.39 Å². The number of halogens is 1. The largest absolute Gasteiger partial charge is 0.462 e. The van der Waals surface area contributed by atoms with E-state index in [0.717, 1.165) is 33.4 Å². The summed E-state index contributed by atoms with van der Waals surface area (Å²) in [4.78, 5) is 16.8. The van der Waals surface area contributed by atoms with Crippen LogP contribution in [0.15, 0.2) is 66.7 Å². The number of fused-ring (bicyclic) bond motifs is 3. The second kappa shape index (κ2) is 8.28. The Morgan fingerprint density at radius 2 is 1.82 bits per heavy atom. The first-order valence-corrected chi connectivity index (χ1v) is 8.99. The van der Waals surface area contributed by atoms with Gasteiger partial charge in [-0.2, -0.15) is 0 Å². The number of hydrogen-bond acceptors (Lipinski definition) is 4. The zero-order chi connectivity index (χ0) is 18.8. The zero-order valence-electron chi connectivity index (χ0n) is 15.7. The monoisotopic (exact) mass is 392 g/mol. The van der Waals surface area contributed by atoms with Crippen molar-refractivity contribution in [3.63, 3.8) is 0 Å². The van der Waals surface area contributed by atoms with Crippen LogP contribution in [0.2, 0.25) is 0 Å². The lowest BCUT2D eigenvalue weighted by atomic mass is 10.0. The lowest BCUT2D eigenvalue weighted by Crippen LogP contribution is -2.05. The number of aryl methyl sites for hydroxylation is 1. The van der Waals surface area contributed by atoms with Crippen LogP contribution in [0.5, 0.6) is 0 Å². The molecule has 0 bridgehead atoms. The van der Waals surface area contributed by atoms with Crippen molar-refractivity contribution in [2.24, 2.45) is 0 Å². The van der Waals surface area contributed by atoms with E-state index in [1.54, 1.807) is 19.1 Å². The molecule has 1 aromatic heterocycles. The fraction of sp³-hybridized carbons (Fsp3) is 0.130. The van der Waals surface area contributed by atoms with Gasteiger partial charge in [-0.3, -0.25) is 4.98 Å². The number of nitrogens with zero attached hydrogens (tertiary/aromatic N) is 1. The minimum atomic E-state index is -0.317. The SMILES string of the molecule is CCOC(=O)c1cccc(Nc2cc(C)nc3c2ccc2ccccc23)c1.Cl. The van der Waals surface area contributed by atoms with Crippen LogP contribution in [-0.2, 0) is 4.74 Å². The molecule has 0 spiro atoms. The van der Waals surface area contributed by atoms with Crippen LogP contribution in [0.25, 0.3) is 21.7 Å². The van der Waals surface area contributed by atoms with Crippen LogP contribution in [0.3, 0.4) is 0 Å². The Morgan fingerprint density at radius 3 is 2.64 bits per heavy atom. The summed E-state index contributed by atoms with van der Waals surface area (Å²) in [5.74, 6) is -0.317. The number of hydrogen-bond donors (Lipinski definition) is 1. The Hall–Kier alpha value is -3.11. The summed E-state index contributed by atoms with van der Waals surface area (Å²) in [6, 6.07) is 21.8. The molecule has 0 fully saturated rings. The Labute approximate surface area is 170 Å². The predicted molar refractivity (Wildman–Crippen MR) is 117 cm³/mol. The second-order valence-corrected chi connectivity index (χ2v) is 6.42. The molecule has 4 nitrogen and oxygen atoms in total. The van der Waals surface area contributed by atoms with E-state index < -0.39 is 0 Å². The second-order valence-electron chi connectivity index (χ2n) is 6.42. The molecule has 0 saturated heterocycles. The number of carbonyl (C=O) groups is 1. The van der Waals surface area contributed by atoms with Crippen molar-refractivity contribution in [3.05, 3.63) is 78.0 Å². The Kier molecular flexibility index (Phi) is 5.81. The molecular weight excluding hydrogens is 372 g/mol. The molecule has 0 amide bonds. The topological polar surface area (TPSA) is 51.2 Å². The number of nitrogens with one attached hydrogen (secondary N) is 1. The third-order valence-electron chi connectivity index (χ3n) is 4.48. The number of rotatable bonds is 4. The van der Waals surface area contributed by atoms with Crippen LogP contribution in [-0.4, -0.2) is 17.6 Å². The minimum Gasteiger partial charge on any atom is -0.462 e. The Bertz CT molecular complexity index is 1160. The highest BCUT2D eigenvalue weighted by atomic mass is 35.5. The number of anilines is 2. The van der Waals surface area contributed by atoms with Gasteiger partial charge in [-0.05, 0) is 43.5 Å². The number of benzene rings is 3. The van der Waals surface area contributed by atoms with Gasteiger partial charge in [0.2, 0.25) is 0 Å². The van der Waals surface area contributed by atoms with Crippen molar-refractivity contribution in [3.8, 4) is 0 Å². The highest BCUT2D eigenvalue weighted by Gasteiger charge is 2.10. The third-order valence-corrected chi connectivity index (χ3v) is 4.48. The predicted octanol–water partition coefficient (Wildman–Crippen LogP) is 6.04. The summed E-state index contributed by atoms with van der Waals surface area (Å²) >= 11 is 0. The summed E-state index contributed by atoms with van der Waals surface area (Å²) in [6.45, 7) is 4.15. The van der Waals surface area contributed by atoms with Gasteiger partial charge in [0.25, 0.3) is 0 Å². The summed E-state index contributed by atoms with van der Waals surface area (Å²) in [5.41, 5.74) is 4.23. The van der Waals surface area contributed by atoms with Gasteiger partial charge in [0, 0.05) is 27.8 Å². The number of ether oxygens (including phenoxy) is 1. The van der Waals surface area contributed by atoms with Crippen LogP contribution in [0.1, 0.15) is 23.0 Å². The fourth-order valence-electron chi connectivity index (χ4n) is 3.29. The summed E-state index contributed by atoms with van der Waals surface area (Å²) in [7, 11) is 0. The maximum atomic E-state index is 12.0. The average molecular weight is 393 g/mol. The zero-order valence-corrected chi connectivity index (χ0v) is 16.5. The molecule has 0 saturated carbocycles. The molecular formula is C23H21ClN2O2. The van der Waals surface area contributed by atoms with Crippen molar-refractivity contribution >= 4 is 51.4 Å². The maximum Gasteiger partial charge on any atom is 0.338 e. The third kappa shape index (κ3) is 3.78. The molecule has 0 atom stereocenters. The normalized spacial score (nSPS) is 10.5. The lowest BCUT2D eigenvalue weighted by molar-refractivity contribution is 0.0526. The number of pyridine rings is 1. The van der Waals surface area contributed by atoms with Crippen molar-refractivity contribution in [1.29, 1.82) is 0 Å². The summed E-state index contributed by atoms with van der Waals surface area (Å²) in [5, 5.41) is 6.78. The molecule has 1 heterocycles. The summed E-state index contributed by atoms with van der Waals surface area (Å²) in [6.07, 6.45) is 0. The van der Waals surface area contributed by atoms with Gasteiger partial charge >= 0.3 is 5.97 Å². The van der Waals surface area contributed by atoms with Crippen LogP contribution >= 0.6 is 12.4 Å². The van der Waals surface area contributed by atoms with E-state index in [-0.39, 0.29) is 18.4 Å².